The van der Waals surface area contributed by atoms with E-state index in [1.807, 2.05) is 18.2 Å². The first-order valence-corrected chi connectivity index (χ1v) is 16.8. The molecule has 3 aromatic carbocycles. The van der Waals surface area contributed by atoms with E-state index >= 15 is 0 Å². The minimum absolute atomic E-state index is 0.0893. The lowest BCUT2D eigenvalue weighted by Gasteiger charge is -2.26. The van der Waals surface area contributed by atoms with E-state index in [2.05, 4.69) is 4.90 Å². The first-order chi connectivity index (χ1) is 23.3. The Kier molecular flexibility index (Phi) is 12.3. The SMILES string of the molecule is CCOc1ccc(-c2ccc(OCCN3CCOCC3)c(C=C3SC(=S)N(CCCOc4ccc(C(=O)O)cc4OC)C3=O)c2)cc1F. The van der Waals surface area contributed by atoms with Gasteiger partial charge in [-0.05, 0) is 73.0 Å². The molecule has 3 aromatic rings. The minimum atomic E-state index is -1.06. The Labute approximate surface area is 288 Å². The number of hydrogen-bond acceptors (Lipinski definition) is 10. The van der Waals surface area contributed by atoms with Crippen LogP contribution in [0.3, 0.4) is 0 Å². The van der Waals surface area contributed by atoms with Gasteiger partial charge in [0.05, 0.1) is 44.0 Å². The van der Waals surface area contributed by atoms with E-state index in [0.29, 0.717) is 77.0 Å². The highest BCUT2D eigenvalue weighted by Crippen LogP contribution is 2.37. The lowest BCUT2D eigenvalue weighted by atomic mass is 10.0. The van der Waals surface area contributed by atoms with Crippen molar-refractivity contribution < 1.29 is 42.8 Å². The maximum atomic E-state index is 14.7. The lowest BCUT2D eigenvalue weighted by molar-refractivity contribution is -0.122. The molecule has 1 N–H and O–H groups in total. The lowest BCUT2D eigenvalue weighted by Crippen LogP contribution is -2.38. The third kappa shape index (κ3) is 8.84. The van der Waals surface area contributed by atoms with Crippen molar-refractivity contribution in [3.8, 4) is 34.1 Å². The largest absolute Gasteiger partial charge is 0.493 e. The summed E-state index contributed by atoms with van der Waals surface area (Å²) in [4.78, 5) is 29.0. The molecule has 1 amide bonds. The van der Waals surface area contributed by atoms with E-state index in [9.17, 15) is 19.1 Å². The summed E-state index contributed by atoms with van der Waals surface area (Å²) in [5.41, 5.74) is 2.17. The monoisotopic (exact) mass is 696 g/mol. The number of benzene rings is 3. The van der Waals surface area contributed by atoms with E-state index in [4.69, 9.17) is 35.9 Å². The van der Waals surface area contributed by atoms with Crippen LogP contribution in [0.4, 0.5) is 4.39 Å². The fourth-order valence-electron chi connectivity index (χ4n) is 5.19. The van der Waals surface area contributed by atoms with Crippen LogP contribution in [0.5, 0.6) is 23.0 Å². The van der Waals surface area contributed by atoms with Gasteiger partial charge in [-0.2, -0.15) is 0 Å². The Bertz CT molecular complexity index is 1680. The molecule has 2 fully saturated rings. The molecule has 2 heterocycles. The quantitative estimate of drug-likeness (QED) is 0.115. The summed E-state index contributed by atoms with van der Waals surface area (Å²) in [5.74, 6) is -0.255. The fourth-order valence-corrected chi connectivity index (χ4v) is 6.49. The molecule has 0 saturated carbocycles. The normalized spacial score (nSPS) is 16.0. The fraction of sp³-hybridized carbons (Fsp3) is 0.343. The summed E-state index contributed by atoms with van der Waals surface area (Å²) in [6.45, 7) is 6.99. The van der Waals surface area contributed by atoms with Gasteiger partial charge in [0, 0.05) is 31.7 Å². The van der Waals surface area contributed by atoms with Crippen LogP contribution in [0.15, 0.2) is 59.5 Å². The highest BCUT2D eigenvalue weighted by molar-refractivity contribution is 8.26. The van der Waals surface area contributed by atoms with Crippen molar-refractivity contribution in [2.24, 2.45) is 0 Å². The van der Waals surface area contributed by atoms with Crippen LogP contribution in [-0.4, -0.2) is 97.4 Å². The number of hydrogen-bond donors (Lipinski definition) is 1. The Balaban J connectivity index is 1.30. The molecule has 0 bridgehead atoms. The Morgan fingerprint density at radius 3 is 2.38 bits per heavy atom. The molecule has 2 aliphatic heterocycles. The number of aromatic carboxylic acids is 1. The molecule has 0 radical (unpaired) electrons. The van der Waals surface area contributed by atoms with E-state index in [1.165, 1.54) is 42.0 Å². The van der Waals surface area contributed by atoms with Gasteiger partial charge in [0.1, 0.15) is 16.7 Å². The van der Waals surface area contributed by atoms with Gasteiger partial charge >= 0.3 is 5.97 Å². The van der Waals surface area contributed by atoms with Crippen molar-refractivity contribution in [1.82, 2.24) is 9.80 Å². The summed E-state index contributed by atoms with van der Waals surface area (Å²) >= 11 is 6.77. The number of carboxylic acid groups (broad SMARTS) is 1. The first-order valence-electron chi connectivity index (χ1n) is 15.6. The number of amides is 1. The molecule has 2 saturated heterocycles. The first kappa shape index (κ1) is 35.1. The highest BCUT2D eigenvalue weighted by Gasteiger charge is 2.32. The molecular formula is C35H37FN2O8S2. The van der Waals surface area contributed by atoms with Gasteiger partial charge < -0.3 is 28.8 Å². The summed E-state index contributed by atoms with van der Waals surface area (Å²) in [5, 5.41) is 9.22. The summed E-state index contributed by atoms with van der Waals surface area (Å²) in [6, 6.07) is 14.8. The van der Waals surface area contributed by atoms with E-state index in [-0.39, 0.29) is 23.8 Å². The van der Waals surface area contributed by atoms with Crippen LogP contribution in [0.2, 0.25) is 0 Å². The number of halogens is 1. The minimum Gasteiger partial charge on any atom is -0.493 e. The predicted molar refractivity (Wildman–Crippen MR) is 186 cm³/mol. The molecule has 10 nitrogen and oxygen atoms in total. The van der Waals surface area contributed by atoms with Gasteiger partial charge in [-0.3, -0.25) is 14.6 Å². The van der Waals surface area contributed by atoms with Gasteiger partial charge in [0.25, 0.3) is 5.91 Å². The van der Waals surface area contributed by atoms with Crippen molar-refractivity contribution in [1.29, 1.82) is 0 Å². The van der Waals surface area contributed by atoms with Crippen LogP contribution < -0.4 is 18.9 Å². The number of rotatable bonds is 15. The molecular weight excluding hydrogens is 660 g/mol. The van der Waals surface area contributed by atoms with Crippen LogP contribution >= 0.6 is 24.0 Å². The number of ether oxygens (including phenoxy) is 5. The number of carbonyl (C=O) groups excluding carboxylic acids is 1. The van der Waals surface area contributed by atoms with Crippen molar-refractivity contribution in [3.63, 3.8) is 0 Å². The van der Waals surface area contributed by atoms with Gasteiger partial charge in [0.2, 0.25) is 0 Å². The standard InChI is InChI=1S/C35H37FN2O8S2/c1-3-44-29-9-6-24(20-27(29)36)23-5-8-28(46-18-14-37-12-16-43-17-13-37)26(19-23)22-32-33(39)38(35(47)48-32)11-4-15-45-30-10-7-25(34(40)41)21-31(30)42-2/h5-10,19-22H,3-4,11-18H2,1-2H3,(H,40,41). The zero-order chi connectivity index (χ0) is 34.0. The topological polar surface area (TPSA) is 107 Å². The maximum absolute atomic E-state index is 14.7. The molecule has 0 aromatic heterocycles. The zero-order valence-corrected chi connectivity index (χ0v) is 28.4. The Morgan fingerprint density at radius 1 is 0.958 bits per heavy atom. The molecule has 2 aliphatic rings. The number of thiocarbonyl (C=S) groups is 1. The van der Waals surface area contributed by atoms with Crippen molar-refractivity contribution in [2.75, 3.05) is 66.3 Å². The Morgan fingerprint density at radius 2 is 1.67 bits per heavy atom. The average Bonchev–Trinajstić information content (AvgIpc) is 3.35. The van der Waals surface area contributed by atoms with E-state index in [1.54, 1.807) is 31.2 Å². The van der Waals surface area contributed by atoms with Crippen LogP contribution in [0, 0.1) is 5.82 Å². The average molecular weight is 697 g/mol. The van der Waals surface area contributed by atoms with Crippen LogP contribution in [-0.2, 0) is 9.53 Å². The second kappa shape index (κ2) is 16.8. The summed E-state index contributed by atoms with van der Waals surface area (Å²) in [6.07, 6.45) is 2.24. The molecule has 0 atom stereocenters. The van der Waals surface area contributed by atoms with E-state index < -0.39 is 11.8 Å². The van der Waals surface area contributed by atoms with Gasteiger partial charge in [-0.25, -0.2) is 9.18 Å². The number of carbonyl (C=O) groups is 2. The Hall–Kier alpha value is -4.17. The number of thioether (sulfide) groups is 1. The molecule has 0 spiro atoms. The van der Waals surface area contributed by atoms with Crippen molar-refractivity contribution in [3.05, 3.63) is 76.4 Å². The third-order valence-electron chi connectivity index (χ3n) is 7.70. The van der Waals surface area contributed by atoms with Gasteiger partial charge in [0.15, 0.2) is 23.1 Å². The second-order valence-corrected chi connectivity index (χ2v) is 12.5. The number of methoxy groups -OCH3 is 1. The van der Waals surface area contributed by atoms with Crippen LogP contribution in [0.1, 0.15) is 29.3 Å². The smallest absolute Gasteiger partial charge is 0.335 e. The number of morpholine rings is 1. The predicted octanol–water partition coefficient (Wildman–Crippen LogP) is 5.98. The molecule has 0 unspecified atom stereocenters. The van der Waals surface area contributed by atoms with Crippen LogP contribution in [0.25, 0.3) is 17.2 Å². The van der Waals surface area contributed by atoms with Gasteiger partial charge in [-0.15, -0.1) is 0 Å². The highest BCUT2D eigenvalue weighted by atomic mass is 32.2. The zero-order valence-electron chi connectivity index (χ0n) is 26.7. The van der Waals surface area contributed by atoms with Crippen molar-refractivity contribution in [2.45, 2.75) is 13.3 Å². The molecule has 254 valence electrons. The maximum Gasteiger partial charge on any atom is 0.335 e. The van der Waals surface area contributed by atoms with E-state index in [0.717, 1.165) is 25.2 Å². The number of nitrogens with zero attached hydrogens (tertiary/aromatic N) is 2. The molecule has 48 heavy (non-hydrogen) atoms. The summed E-state index contributed by atoms with van der Waals surface area (Å²) < 4.78 is 43.3. The van der Waals surface area contributed by atoms with Gasteiger partial charge in [-0.1, -0.05) is 36.1 Å². The van der Waals surface area contributed by atoms with Crippen molar-refractivity contribution >= 4 is 46.3 Å². The number of carboxylic acids is 1. The summed E-state index contributed by atoms with van der Waals surface area (Å²) in [7, 11) is 1.44. The third-order valence-corrected chi connectivity index (χ3v) is 9.08. The second-order valence-electron chi connectivity index (χ2n) is 10.8. The molecule has 0 aliphatic carbocycles. The molecule has 13 heteroatoms. The molecule has 5 rings (SSSR count).